The van der Waals surface area contributed by atoms with Crippen molar-refractivity contribution < 1.29 is 18.9 Å². The normalized spacial score (nSPS) is 15.4. The van der Waals surface area contributed by atoms with Crippen LogP contribution < -0.4 is 18.9 Å². The molecule has 8 aliphatic heterocycles. The van der Waals surface area contributed by atoms with E-state index in [1.807, 2.05) is 42.5 Å². The van der Waals surface area contributed by atoms with Crippen molar-refractivity contribution in [2.75, 3.05) is 0 Å². The Morgan fingerprint density at radius 1 is 0.360 bits per heavy atom. The molecule has 8 aliphatic rings. The Hall–Kier alpha value is -5.55. The molecule has 6 aromatic rings. The van der Waals surface area contributed by atoms with Crippen LogP contribution in [-0.2, 0) is 37.3 Å². The second-order valence-corrected chi connectivity index (χ2v) is 13.9. The van der Waals surface area contributed by atoms with Crippen LogP contribution in [0.25, 0.3) is 0 Å². The first kappa shape index (κ1) is 33.0. The predicted molar refractivity (Wildman–Crippen MR) is 198 cm³/mol. The number of nitrogens with zero attached hydrogens (tertiary/aromatic N) is 1. The number of aromatic nitrogens is 1. The van der Waals surface area contributed by atoms with Crippen molar-refractivity contribution in [2.24, 2.45) is 0 Å². The van der Waals surface area contributed by atoms with Crippen molar-refractivity contribution in [1.29, 1.82) is 0 Å². The summed E-state index contributed by atoms with van der Waals surface area (Å²) in [6.45, 7) is 10.7. The lowest BCUT2D eigenvalue weighted by Crippen LogP contribution is -2.18. The molecule has 9 heterocycles. The number of hydrogen-bond acceptors (Lipinski definition) is 5. The first-order chi connectivity index (χ1) is 24.2. The van der Waals surface area contributed by atoms with E-state index in [0.717, 1.165) is 45.5 Å². The number of rotatable bonds is 0. The molecule has 12 bridgehead atoms. The zero-order chi connectivity index (χ0) is 34.6. The number of benzene rings is 5. The molecule has 5 nitrogen and oxygen atoms in total. The minimum atomic E-state index is -0.193. The number of pyridine rings is 1. The van der Waals surface area contributed by atoms with Crippen LogP contribution in [0.2, 0.25) is 0 Å². The lowest BCUT2D eigenvalue weighted by atomic mass is 9.78. The summed E-state index contributed by atoms with van der Waals surface area (Å²) in [7, 11) is 0. The van der Waals surface area contributed by atoms with Crippen molar-refractivity contribution in [1.82, 2.24) is 4.98 Å². The first-order valence-electron chi connectivity index (χ1n) is 17.2. The van der Waals surface area contributed by atoms with Gasteiger partial charge in [0.15, 0.2) is 0 Å². The molecule has 0 aliphatic carbocycles. The minimum Gasteiger partial charge on any atom is -0.489 e. The van der Waals surface area contributed by atoms with E-state index in [1.54, 1.807) is 0 Å². The summed E-state index contributed by atoms with van der Waals surface area (Å²) < 4.78 is 24.6. The Bertz CT molecular complexity index is 1870. The van der Waals surface area contributed by atoms with Crippen molar-refractivity contribution in [3.05, 3.63) is 184 Å². The number of ether oxygens (including phenoxy) is 4. The van der Waals surface area contributed by atoms with Crippen LogP contribution in [0.3, 0.4) is 0 Å². The van der Waals surface area contributed by atoms with Gasteiger partial charge in [-0.25, -0.2) is 0 Å². The lowest BCUT2D eigenvalue weighted by molar-refractivity contribution is 0.290. The molecule has 0 atom stereocenters. The molecule has 0 N–H and O–H groups in total. The zero-order valence-corrected chi connectivity index (χ0v) is 29.2. The molecule has 0 unspecified atom stereocenters. The van der Waals surface area contributed by atoms with Gasteiger partial charge in [-0.3, -0.25) is 4.98 Å². The second-order valence-electron chi connectivity index (χ2n) is 13.9. The SMILES string of the molecule is CC1(C)c2ccc(cc2)OCc2ccc(cc2)COc2ccc(cc2)C(C)(C)c2ccc(cc2)OCc2cccc(n2)COc2ccc1cc2. The molecular weight excluding hydrogens is 618 g/mol. The molecule has 252 valence electrons. The van der Waals surface area contributed by atoms with E-state index in [2.05, 4.69) is 125 Å². The Kier molecular flexibility index (Phi) is 9.31. The maximum absolute atomic E-state index is 6.14. The fourth-order valence-electron chi connectivity index (χ4n) is 6.27. The highest BCUT2D eigenvalue weighted by atomic mass is 16.5. The van der Waals surface area contributed by atoms with E-state index in [-0.39, 0.29) is 10.8 Å². The molecule has 0 amide bonds. The van der Waals surface area contributed by atoms with Gasteiger partial charge in [0.2, 0.25) is 0 Å². The zero-order valence-electron chi connectivity index (χ0n) is 29.2. The Labute approximate surface area is 295 Å². The maximum Gasteiger partial charge on any atom is 0.130 e. The summed E-state index contributed by atoms with van der Waals surface area (Å²) in [5.41, 5.74) is 8.36. The van der Waals surface area contributed by atoms with E-state index < -0.39 is 0 Å². The standard InChI is InChI=1S/C45H43NO4/c1-44(2)34-12-20-40(21-13-34)47-28-32-8-10-33(11-9-32)29-48-41-22-14-35(15-23-41)45(3,4)37-18-26-43(27-19-37)50-31-39-7-5-6-38(46-39)30-49-42-24-16-36(44)17-25-42/h5-27H,28-31H2,1-4H3. The van der Waals surface area contributed by atoms with Crippen molar-refractivity contribution >= 4 is 0 Å². The molecule has 0 saturated carbocycles. The van der Waals surface area contributed by atoms with Gasteiger partial charge in [-0.15, -0.1) is 0 Å². The summed E-state index contributed by atoms with van der Waals surface area (Å²) in [6.07, 6.45) is 0. The Balaban J connectivity index is 1.12. The molecule has 5 heteroatoms. The van der Waals surface area contributed by atoms with E-state index >= 15 is 0 Å². The van der Waals surface area contributed by atoms with Crippen molar-refractivity contribution in [3.63, 3.8) is 0 Å². The van der Waals surface area contributed by atoms with E-state index in [0.29, 0.717) is 26.4 Å². The third-order valence-corrected chi connectivity index (χ3v) is 9.78. The summed E-state index contributed by atoms with van der Waals surface area (Å²) in [5.74, 6) is 3.29. The smallest absolute Gasteiger partial charge is 0.130 e. The van der Waals surface area contributed by atoms with Gasteiger partial charge in [-0.1, -0.05) is 107 Å². The average molecular weight is 662 g/mol. The molecule has 0 fully saturated rings. The Morgan fingerprint density at radius 2 is 0.640 bits per heavy atom. The summed E-state index contributed by atoms with van der Waals surface area (Å²) in [5, 5.41) is 0. The third kappa shape index (κ3) is 7.52. The maximum atomic E-state index is 6.14. The van der Waals surface area contributed by atoms with E-state index in [4.69, 9.17) is 23.9 Å². The molecule has 5 aromatic carbocycles. The summed E-state index contributed by atoms with van der Waals surface area (Å²) in [4.78, 5) is 4.78. The molecule has 0 radical (unpaired) electrons. The van der Waals surface area contributed by atoms with Gasteiger partial charge < -0.3 is 18.9 Å². The third-order valence-electron chi connectivity index (χ3n) is 9.78. The van der Waals surface area contributed by atoms with Crippen LogP contribution in [0, 0.1) is 0 Å². The quantitative estimate of drug-likeness (QED) is 0.162. The minimum absolute atomic E-state index is 0.193. The largest absolute Gasteiger partial charge is 0.489 e. The first-order valence-corrected chi connectivity index (χ1v) is 17.2. The van der Waals surface area contributed by atoms with Crippen LogP contribution in [0.1, 0.15) is 72.5 Å². The highest BCUT2D eigenvalue weighted by Crippen LogP contribution is 2.35. The van der Waals surface area contributed by atoms with Gasteiger partial charge in [-0.05, 0) is 94.0 Å². The fourth-order valence-corrected chi connectivity index (χ4v) is 6.27. The summed E-state index contributed by atoms with van der Waals surface area (Å²) >= 11 is 0. The summed E-state index contributed by atoms with van der Waals surface area (Å²) in [6, 6.07) is 47.8. The van der Waals surface area contributed by atoms with Gasteiger partial charge in [0, 0.05) is 10.8 Å². The Morgan fingerprint density at radius 3 is 0.940 bits per heavy atom. The molecule has 1 aromatic heterocycles. The van der Waals surface area contributed by atoms with Crippen LogP contribution in [0.4, 0.5) is 0 Å². The van der Waals surface area contributed by atoms with Crippen LogP contribution in [-0.4, -0.2) is 4.98 Å². The van der Waals surface area contributed by atoms with Gasteiger partial charge >= 0.3 is 0 Å². The molecule has 14 rings (SSSR count). The molecular formula is C45H43NO4. The van der Waals surface area contributed by atoms with Gasteiger partial charge in [0.05, 0.1) is 11.4 Å². The fraction of sp³-hybridized carbons (Fsp3) is 0.222. The van der Waals surface area contributed by atoms with Crippen molar-refractivity contribution in [2.45, 2.75) is 65.0 Å². The highest BCUT2D eigenvalue weighted by Gasteiger charge is 2.24. The molecule has 0 saturated heterocycles. The number of fused-ring (bicyclic) bond motifs is 1. The second kappa shape index (κ2) is 14.1. The van der Waals surface area contributed by atoms with Crippen molar-refractivity contribution in [3.8, 4) is 23.0 Å². The van der Waals surface area contributed by atoms with E-state index in [9.17, 15) is 0 Å². The van der Waals surface area contributed by atoms with E-state index in [1.165, 1.54) is 22.3 Å². The lowest BCUT2D eigenvalue weighted by Gasteiger charge is -2.26. The van der Waals surface area contributed by atoms with Gasteiger partial charge in [0.25, 0.3) is 0 Å². The van der Waals surface area contributed by atoms with Crippen LogP contribution in [0.15, 0.2) is 140 Å². The average Bonchev–Trinajstić information content (AvgIpc) is 3.15. The monoisotopic (exact) mass is 661 g/mol. The topological polar surface area (TPSA) is 49.8 Å². The van der Waals surface area contributed by atoms with Gasteiger partial charge in [-0.2, -0.15) is 0 Å². The molecule has 0 spiro atoms. The number of hydrogen-bond donors (Lipinski definition) is 0. The highest BCUT2D eigenvalue weighted by molar-refractivity contribution is 5.43. The van der Waals surface area contributed by atoms with Crippen LogP contribution in [0.5, 0.6) is 23.0 Å². The van der Waals surface area contributed by atoms with Crippen LogP contribution >= 0.6 is 0 Å². The molecule has 50 heavy (non-hydrogen) atoms. The van der Waals surface area contributed by atoms with Gasteiger partial charge in [0.1, 0.15) is 49.4 Å². The predicted octanol–water partition coefficient (Wildman–Crippen LogP) is 10.4.